The summed E-state index contributed by atoms with van der Waals surface area (Å²) >= 11 is 0.390. The van der Waals surface area contributed by atoms with Gasteiger partial charge in [0.05, 0.1) is 46.6 Å². The summed E-state index contributed by atoms with van der Waals surface area (Å²) < 4.78 is 101. The third kappa shape index (κ3) is 12.0. The number of azo groups is 1. The van der Waals surface area contributed by atoms with Crippen LogP contribution in [0.1, 0.15) is 17.3 Å². The molecule has 6 aromatic rings. The molecule has 0 aliphatic heterocycles. The second kappa shape index (κ2) is 19.3. The van der Waals surface area contributed by atoms with Gasteiger partial charge in [-0.1, -0.05) is 5.04 Å². The topological polar surface area (TPSA) is 375 Å². The van der Waals surface area contributed by atoms with E-state index in [4.69, 9.17) is 15.5 Å². The molecular formula is C35H31N10O15S4+. The standard InChI is InChI=1S/C35H30N10O15S4/c1-19(46)37-23-4-8-26-21(16-23)17-28(61-60-59-49)30(31(26)47)44-43-27-18-24(5-9-29(27)63(52,53)54)39-34-40-33(41-35(42-34)45-12-10-20(11-13-45)32(36)48)38-22-2-6-25(7-3-22)62(50,51)15-14-58-64(55,56)57/h2-13,16-18H,14-15H2,1H3,(H8-,36,37,38,39,40,41,42,43,46,47,48,49,52,53,54,55,56,57)/p+1. The van der Waals surface area contributed by atoms with Gasteiger partial charge in [-0.25, -0.2) is 22.4 Å². The maximum absolute atomic E-state index is 12.7. The Hall–Kier alpha value is -6.80. The van der Waals surface area contributed by atoms with E-state index in [0.717, 1.165) is 12.1 Å². The highest BCUT2D eigenvalue weighted by Crippen LogP contribution is 2.45. The van der Waals surface area contributed by atoms with Crippen LogP contribution in [0.5, 0.6) is 5.75 Å². The molecule has 0 atom stereocenters. The lowest BCUT2D eigenvalue weighted by Gasteiger charge is -2.11. The molecule has 9 N–H and O–H groups in total. The first kappa shape index (κ1) is 46.7. The number of benzene rings is 4. The number of amides is 2. The molecular weight excluding hydrogens is 929 g/mol. The molecule has 6 rings (SSSR count). The first-order valence-corrected chi connectivity index (χ1v) is 22.7. The van der Waals surface area contributed by atoms with Crippen molar-refractivity contribution >= 4 is 105 Å². The maximum atomic E-state index is 12.7. The van der Waals surface area contributed by atoms with Crippen LogP contribution in [-0.4, -0.2) is 83.8 Å². The third-order valence-electron chi connectivity index (χ3n) is 8.30. The lowest BCUT2D eigenvalue weighted by Crippen LogP contribution is -2.33. The van der Waals surface area contributed by atoms with Crippen LogP contribution in [0.3, 0.4) is 0 Å². The first-order valence-electron chi connectivity index (χ1n) is 17.5. The van der Waals surface area contributed by atoms with Crippen molar-refractivity contribution in [2.75, 3.05) is 28.3 Å². The Morgan fingerprint density at radius 1 is 0.828 bits per heavy atom. The summed E-state index contributed by atoms with van der Waals surface area (Å²) in [6, 6.07) is 17.1. The molecule has 0 aliphatic carbocycles. The van der Waals surface area contributed by atoms with E-state index in [-0.39, 0.29) is 61.6 Å². The fourth-order valence-corrected chi connectivity index (χ4v) is 8.11. The van der Waals surface area contributed by atoms with E-state index < -0.39 is 65.0 Å². The van der Waals surface area contributed by atoms with Crippen molar-refractivity contribution in [3.8, 4) is 11.7 Å². The van der Waals surface area contributed by atoms with Crippen molar-refractivity contribution in [2.24, 2.45) is 16.0 Å². The van der Waals surface area contributed by atoms with Crippen LogP contribution in [0.25, 0.3) is 16.7 Å². The minimum absolute atomic E-state index is 0.00824. The Bertz CT molecular complexity index is 3140. The zero-order chi connectivity index (χ0) is 46.4. The Morgan fingerprint density at radius 3 is 2.08 bits per heavy atom. The van der Waals surface area contributed by atoms with Crippen molar-refractivity contribution in [2.45, 2.75) is 21.6 Å². The average molecular weight is 960 g/mol. The quantitative estimate of drug-likeness (QED) is 0.0149. The van der Waals surface area contributed by atoms with Gasteiger partial charge in [0.25, 0.3) is 10.1 Å². The van der Waals surface area contributed by atoms with Crippen LogP contribution in [0.2, 0.25) is 0 Å². The fraction of sp³-hybridized carbons (Fsp3) is 0.0857. The Balaban J connectivity index is 1.36. The normalized spacial score (nSPS) is 12.1. The van der Waals surface area contributed by atoms with Crippen LogP contribution in [-0.2, 0) is 48.7 Å². The predicted molar refractivity (Wildman–Crippen MR) is 223 cm³/mol. The SMILES string of the molecule is CC(=O)Nc1ccc2c(O)c(N=Nc3cc(Nc4nc(Nc5ccc(S(=O)(=O)CCOS(=O)(=O)O)cc5)nc(-[n+]5ccc(C(N)=O)cc5)n4)ccc3S(=O)(=O)O)c(SOOO)cc2c1. The van der Waals surface area contributed by atoms with Gasteiger partial charge in [0.15, 0.2) is 15.6 Å². The molecule has 4 aromatic carbocycles. The highest BCUT2D eigenvalue weighted by molar-refractivity contribution is 7.94. The van der Waals surface area contributed by atoms with Gasteiger partial charge in [-0.3, -0.25) is 18.7 Å². The fourth-order valence-electron chi connectivity index (χ4n) is 5.53. The summed E-state index contributed by atoms with van der Waals surface area (Å²) in [5.41, 5.74) is 5.48. The van der Waals surface area contributed by atoms with Crippen molar-refractivity contribution in [3.63, 3.8) is 0 Å². The zero-order valence-electron chi connectivity index (χ0n) is 32.2. The van der Waals surface area contributed by atoms with Gasteiger partial charge < -0.3 is 26.8 Å². The summed E-state index contributed by atoms with van der Waals surface area (Å²) in [7, 11) is -13.9. The van der Waals surface area contributed by atoms with Crippen LogP contribution < -0.4 is 26.3 Å². The molecule has 0 saturated heterocycles. The third-order valence-corrected chi connectivity index (χ3v) is 12.0. The number of anilines is 5. The number of pyridine rings is 1. The number of nitrogens with one attached hydrogen (secondary N) is 3. The van der Waals surface area contributed by atoms with Gasteiger partial charge in [0.2, 0.25) is 11.8 Å². The number of nitrogens with two attached hydrogens (primary N) is 1. The monoisotopic (exact) mass is 959 g/mol. The largest absolute Gasteiger partial charge is 0.505 e. The number of aromatic hydroxyl groups is 1. The van der Waals surface area contributed by atoms with Crippen molar-refractivity contribution in [1.82, 2.24) is 15.0 Å². The molecule has 0 aliphatic rings. The number of primary amides is 1. The zero-order valence-corrected chi connectivity index (χ0v) is 35.5. The summed E-state index contributed by atoms with van der Waals surface area (Å²) in [6.45, 7) is 0.470. The second-order valence-corrected chi connectivity index (χ2v) is 18.1. The second-order valence-electron chi connectivity index (χ2n) is 12.8. The van der Waals surface area contributed by atoms with E-state index >= 15 is 0 Å². The van der Waals surface area contributed by atoms with Crippen LogP contribution in [0.15, 0.2) is 116 Å². The Kier molecular flexibility index (Phi) is 14.1. The van der Waals surface area contributed by atoms with Gasteiger partial charge >= 0.3 is 28.2 Å². The van der Waals surface area contributed by atoms with E-state index in [2.05, 4.69) is 54.7 Å². The Morgan fingerprint density at radius 2 is 1.47 bits per heavy atom. The van der Waals surface area contributed by atoms with Crippen LogP contribution in [0.4, 0.5) is 40.3 Å². The summed E-state index contributed by atoms with van der Waals surface area (Å²) in [4.78, 5) is 35.5. The molecule has 2 aromatic heterocycles. The molecule has 0 fully saturated rings. The van der Waals surface area contributed by atoms with Gasteiger partial charge in [-0.05, 0) is 94.2 Å². The van der Waals surface area contributed by atoms with Crippen molar-refractivity contribution in [1.29, 1.82) is 0 Å². The first-order chi connectivity index (χ1) is 30.2. The lowest BCUT2D eigenvalue weighted by molar-refractivity contribution is -0.603. The molecule has 0 bridgehead atoms. The van der Waals surface area contributed by atoms with Gasteiger partial charge in [0.1, 0.15) is 16.3 Å². The minimum atomic E-state index is -4.96. The lowest BCUT2D eigenvalue weighted by atomic mass is 10.1. The number of phenolic OH excluding ortho intramolecular Hbond substituents is 1. The van der Waals surface area contributed by atoms with Gasteiger partial charge in [0, 0.05) is 34.9 Å². The molecule has 64 heavy (non-hydrogen) atoms. The summed E-state index contributed by atoms with van der Waals surface area (Å²) in [5, 5.41) is 40.8. The van der Waals surface area contributed by atoms with Gasteiger partial charge in [-0.15, -0.1) is 19.5 Å². The number of carbonyl (C=O) groups is 2. The number of rotatable bonds is 18. The van der Waals surface area contributed by atoms with E-state index in [9.17, 15) is 44.5 Å². The van der Waals surface area contributed by atoms with Crippen LogP contribution in [0, 0.1) is 0 Å². The summed E-state index contributed by atoms with van der Waals surface area (Å²) in [5.74, 6) is -2.70. The average Bonchev–Trinajstić information content (AvgIpc) is 3.21. The molecule has 334 valence electrons. The highest BCUT2D eigenvalue weighted by atomic mass is 32.3. The smallest absolute Gasteiger partial charge is 0.444 e. The molecule has 0 radical (unpaired) electrons. The molecule has 0 unspecified atom stereocenters. The van der Waals surface area contributed by atoms with E-state index in [1.54, 1.807) is 0 Å². The number of nitrogens with zero attached hydrogens (tertiary/aromatic N) is 6. The Labute approximate surface area is 365 Å². The molecule has 25 nitrogen and oxygen atoms in total. The van der Waals surface area contributed by atoms with Gasteiger partial charge in [-0.2, -0.15) is 16.8 Å². The van der Waals surface area contributed by atoms with E-state index in [1.165, 1.54) is 90.6 Å². The number of aromatic nitrogens is 4. The molecule has 2 amide bonds. The van der Waals surface area contributed by atoms with Crippen LogP contribution >= 0.6 is 12.0 Å². The molecule has 29 heteroatoms. The maximum Gasteiger partial charge on any atom is 0.444 e. The summed E-state index contributed by atoms with van der Waals surface area (Å²) in [6.07, 6.45) is 2.84. The number of carbonyl (C=O) groups excluding carboxylic acids is 2. The van der Waals surface area contributed by atoms with Crippen molar-refractivity contribution < 1.29 is 72.4 Å². The number of sulfone groups is 1. The number of fused-ring (bicyclic) bond motifs is 1. The number of phenols is 1. The molecule has 0 spiro atoms. The molecule has 2 heterocycles. The minimum Gasteiger partial charge on any atom is -0.505 e. The van der Waals surface area contributed by atoms with Crippen molar-refractivity contribution in [3.05, 3.63) is 96.8 Å². The van der Waals surface area contributed by atoms with E-state index in [0.29, 0.717) is 23.1 Å². The highest BCUT2D eigenvalue weighted by Gasteiger charge is 2.23. The number of hydrogen-bond donors (Lipinski definition) is 8. The predicted octanol–water partition coefficient (Wildman–Crippen LogP) is 4.24. The van der Waals surface area contributed by atoms with E-state index in [1.807, 2.05) is 0 Å². The molecule has 0 saturated carbocycles. The number of hydrogen-bond acceptors (Lipinski definition) is 21.